The van der Waals surface area contributed by atoms with Crippen LogP contribution >= 0.6 is 0 Å². The number of carbonyl (C=O) groups excluding carboxylic acids is 1. The number of para-hydroxylation sites is 1. The number of nitrogen functional groups attached to an aromatic ring is 1. The number of aryl methyl sites for hydroxylation is 2. The number of unbranched alkanes of at least 4 members (excludes halogenated alkanes) is 3. The summed E-state index contributed by atoms with van der Waals surface area (Å²) in [6, 6.07) is 8.06. The van der Waals surface area contributed by atoms with Crippen LogP contribution in [-0.2, 0) is 22.6 Å². The lowest BCUT2D eigenvalue weighted by Crippen LogP contribution is -2.12. The average Bonchev–Trinajstić information content (AvgIpc) is 3.06. The van der Waals surface area contributed by atoms with Crippen LogP contribution in [0.5, 0.6) is 0 Å². The summed E-state index contributed by atoms with van der Waals surface area (Å²) in [6.07, 6.45) is 6.39. The van der Waals surface area contributed by atoms with Crippen molar-refractivity contribution in [2.24, 2.45) is 5.90 Å². The third kappa shape index (κ3) is 4.48. The molecule has 1 aromatic carbocycles. The number of rotatable bonds is 11. The highest BCUT2D eigenvalue weighted by Gasteiger charge is 2.16. The Labute approximate surface area is 165 Å². The fraction of sp³-hybridized carbons (Fsp3) is 0.476. The number of Topliss-reactive ketones (excluding diaryl/α,β-unsaturated/α-hetero) is 1. The number of ketones is 1. The standard InChI is InChI=1S/C21H29N5O2/c1-2-3-12-18-25-19-20(16-10-6-7-11-17(16)24-21(19)22)26(18)13-8-4-5-9-15(27)14-28-23/h6-7,10-11H,2-5,8-9,12-14,23H2,1H3,(H2,22,24). The first-order chi connectivity index (χ1) is 13.7. The van der Waals surface area contributed by atoms with Gasteiger partial charge in [-0.05, 0) is 25.3 Å². The van der Waals surface area contributed by atoms with Crippen LogP contribution in [0.3, 0.4) is 0 Å². The first kappa shape index (κ1) is 20.2. The van der Waals surface area contributed by atoms with Crippen molar-refractivity contribution in [1.29, 1.82) is 0 Å². The summed E-state index contributed by atoms with van der Waals surface area (Å²) in [7, 11) is 0. The summed E-state index contributed by atoms with van der Waals surface area (Å²) in [5.74, 6) is 6.54. The van der Waals surface area contributed by atoms with Gasteiger partial charge in [0.05, 0.1) is 11.0 Å². The molecule has 0 unspecified atom stereocenters. The summed E-state index contributed by atoms with van der Waals surface area (Å²) in [5.41, 5.74) is 8.98. The van der Waals surface area contributed by atoms with Gasteiger partial charge >= 0.3 is 0 Å². The van der Waals surface area contributed by atoms with Gasteiger partial charge in [-0.3, -0.25) is 9.63 Å². The van der Waals surface area contributed by atoms with Crippen LogP contribution in [0, 0.1) is 0 Å². The molecule has 0 amide bonds. The fourth-order valence-electron chi connectivity index (χ4n) is 3.61. The van der Waals surface area contributed by atoms with Crippen molar-refractivity contribution in [2.75, 3.05) is 12.3 Å². The lowest BCUT2D eigenvalue weighted by atomic mass is 10.1. The third-order valence-corrected chi connectivity index (χ3v) is 5.02. The van der Waals surface area contributed by atoms with Crippen molar-refractivity contribution in [2.45, 2.75) is 58.4 Å². The van der Waals surface area contributed by atoms with Crippen molar-refractivity contribution in [3.8, 4) is 0 Å². The van der Waals surface area contributed by atoms with Crippen LogP contribution in [0.4, 0.5) is 5.82 Å². The SMILES string of the molecule is CCCCc1nc2c(N)nc3ccccc3c2n1CCCCCC(=O)CON. The number of benzene rings is 1. The zero-order valence-corrected chi connectivity index (χ0v) is 16.5. The van der Waals surface area contributed by atoms with Crippen LogP contribution in [-0.4, -0.2) is 26.9 Å². The highest BCUT2D eigenvalue weighted by atomic mass is 16.6. The summed E-state index contributed by atoms with van der Waals surface area (Å²) < 4.78 is 2.30. The molecule has 0 saturated carbocycles. The largest absolute Gasteiger partial charge is 0.382 e. The van der Waals surface area contributed by atoms with Crippen molar-refractivity contribution < 1.29 is 9.63 Å². The number of nitrogens with two attached hydrogens (primary N) is 2. The molecule has 2 aromatic heterocycles. The number of pyridine rings is 1. The molecule has 0 saturated heterocycles. The van der Waals surface area contributed by atoms with E-state index >= 15 is 0 Å². The predicted octanol–water partition coefficient (Wildman–Crippen LogP) is 3.53. The molecular formula is C21H29N5O2. The van der Waals surface area contributed by atoms with Gasteiger partial charge in [0.2, 0.25) is 0 Å². The molecule has 4 N–H and O–H groups in total. The number of nitrogens with zero attached hydrogens (tertiary/aromatic N) is 3. The molecule has 3 rings (SSSR count). The van der Waals surface area contributed by atoms with E-state index in [-0.39, 0.29) is 12.4 Å². The molecule has 7 heteroatoms. The second-order valence-corrected chi connectivity index (χ2v) is 7.15. The van der Waals surface area contributed by atoms with Gasteiger partial charge in [-0.15, -0.1) is 0 Å². The highest BCUT2D eigenvalue weighted by molar-refractivity contribution is 6.06. The molecule has 3 aromatic rings. The van der Waals surface area contributed by atoms with E-state index in [0.717, 1.165) is 72.8 Å². The van der Waals surface area contributed by atoms with Crippen molar-refractivity contribution in [1.82, 2.24) is 14.5 Å². The van der Waals surface area contributed by atoms with E-state index < -0.39 is 0 Å². The van der Waals surface area contributed by atoms with E-state index in [9.17, 15) is 4.79 Å². The molecule has 150 valence electrons. The number of hydrogen-bond acceptors (Lipinski definition) is 6. The van der Waals surface area contributed by atoms with Crippen LogP contribution < -0.4 is 11.6 Å². The molecule has 7 nitrogen and oxygen atoms in total. The molecule has 0 fully saturated rings. The molecular weight excluding hydrogens is 354 g/mol. The summed E-state index contributed by atoms with van der Waals surface area (Å²) in [5, 5.41) is 1.08. The van der Waals surface area contributed by atoms with Gasteiger partial charge < -0.3 is 10.3 Å². The number of aromatic nitrogens is 3. The monoisotopic (exact) mass is 383 g/mol. The van der Waals surface area contributed by atoms with Crippen LogP contribution in [0.25, 0.3) is 21.9 Å². The summed E-state index contributed by atoms with van der Waals surface area (Å²) in [6.45, 7) is 3.02. The molecule has 2 heterocycles. The molecule has 0 atom stereocenters. The summed E-state index contributed by atoms with van der Waals surface area (Å²) in [4.78, 5) is 25.3. The third-order valence-electron chi connectivity index (χ3n) is 5.02. The quantitative estimate of drug-likeness (QED) is 0.387. The topological polar surface area (TPSA) is 109 Å². The van der Waals surface area contributed by atoms with E-state index in [0.29, 0.717) is 12.2 Å². The van der Waals surface area contributed by atoms with Gasteiger partial charge in [0.25, 0.3) is 0 Å². The Hall–Kier alpha value is -2.51. The molecule has 0 aliphatic rings. The molecule has 0 bridgehead atoms. The number of hydrogen-bond donors (Lipinski definition) is 2. The molecule has 0 aliphatic heterocycles. The molecule has 0 radical (unpaired) electrons. The smallest absolute Gasteiger partial charge is 0.160 e. The lowest BCUT2D eigenvalue weighted by molar-refractivity contribution is -0.123. The maximum atomic E-state index is 11.5. The zero-order valence-electron chi connectivity index (χ0n) is 16.5. The summed E-state index contributed by atoms with van der Waals surface area (Å²) >= 11 is 0. The Kier molecular flexibility index (Phi) is 6.95. The van der Waals surface area contributed by atoms with E-state index in [2.05, 4.69) is 27.4 Å². The number of anilines is 1. The van der Waals surface area contributed by atoms with Gasteiger partial charge in [-0.1, -0.05) is 38.0 Å². The maximum Gasteiger partial charge on any atom is 0.160 e. The van der Waals surface area contributed by atoms with Crippen LogP contribution in [0.2, 0.25) is 0 Å². The number of fused-ring (bicyclic) bond motifs is 3. The molecule has 0 spiro atoms. The normalized spacial score (nSPS) is 11.5. The van der Waals surface area contributed by atoms with Gasteiger partial charge in [-0.25, -0.2) is 15.9 Å². The van der Waals surface area contributed by atoms with E-state index in [1.165, 1.54) is 0 Å². The fourth-order valence-corrected chi connectivity index (χ4v) is 3.61. The minimum atomic E-state index is -0.00834. The predicted molar refractivity (Wildman–Crippen MR) is 112 cm³/mol. The maximum absolute atomic E-state index is 11.5. The second kappa shape index (κ2) is 9.61. The van der Waals surface area contributed by atoms with Gasteiger partial charge in [0.15, 0.2) is 11.6 Å². The van der Waals surface area contributed by atoms with Crippen molar-refractivity contribution in [3.05, 3.63) is 30.1 Å². The Morgan fingerprint density at radius 3 is 2.75 bits per heavy atom. The average molecular weight is 383 g/mol. The minimum absolute atomic E-state index is 0.00834. The second-order valence-electron chi connectivity index (χ2n) is 7.15. The van der Waals surface area contributed by atoms with Gasteiger partial charge in [-0.2, -0.15) is 0 Å². The van der Waals surface area contributed by atoms with E-state index in [1.807, 2.05) is 18.2 Å². The first-order valence-electron chi connectivity index (χ1n) is 10.0. The Balaban J connectivity index is 1.85. The highest BCUT2D eigenvalue weighted by Crippen LogP contribution is 2.29. The van der Waals surface area contributed by atoms with Crippen LogP contribution in [0.1, 0.15) is 51.3 Å². The van der Waals surface area contributed by atoms with E-state index in [4.69, 9.17) is 16.6 Å². The molecule has 0 aliphatic carbocycles. The van der Waals surface area contributed by atoms with Crippen molar-refractivity contribution >= 4 is 33.5 Å². The number of carbonyl (C=O) groups is 1. The zero-order chi connectivity index (χ0) is 19.9. The molecule has 28 heavy (non-hydrogen) atoms. The van der Waals surface area contributed by atoms with Crippen LogP contribution in [0.15, 0.2) is 24.3 Å². The Morgan fingerprint density at radius 1 is 1.14 bits per heavy atom. The first-order valence-corrected chi connectivity index (χ1v) is 10.0. The minimum Gasteiger partial charge on any atom is -0.382 e. The lowest BCUT2D eigenvalue weighted by Gasteiger charge is -2.11. The van der Waals surface area contributed by atoms with Gasteiger partial charge in [0, 0.05) is 24.8 Å². The van der Waals surface area contributed by atoms with Gasteiger partial charge in [0.1, 0.15) is 17.9 Å². The Morgan fingerprint density at radius 2 is 1.96 bits per heavy atom. The number of imidazole rings is 1. The van der Waals surface area contributed by atoms with E-state index in [1.54, 1.807) is 0 Å². The Bertz CT molecular complexity index is 951. The van der Waals surface area contributed by atoms with Crippen molar-refractivity contribution in [3.63, 3.8) is 0 Å².